The van der Waals surface area contributed by atoms with Gasteiger partial charge in [-0.05, 0) is 42.8 Å². The molecule has 0 aliphatic carbocycles. The highest BCUT2D eigenvalue weighted by molar-refractivity contribution is 6.35. The van der Waals surface area contributed by atoms with Gasteiger partial charge < -0.3 is 14.4 Å². The number of hydrogen-bond acceptors (Lipinski definition) is 3. The van der Waals surface area contributed by atoms with Crippen LogP contribution in [0.25, 0.3) is 0 Å². The standard InChI is InChI=1S/C19H19Cl2NO3/c1-12(15-6-5-14(20)11-16(15)21)22(2)19(23)13-4-7-17-18(10-13)25-9-3-8-24-17/h4-7,10-12H,3,8-9H2,1-2H3/t12-/m0/s1. The lowest BCUT2D eigenvalue weighted by atomic mass is 10.1. The SMILES string of the molecule is C[C@@H](c1ccc(Cl)cc1Cl)N(C)C(=O)c1ccc2c(c1)OCCCO2. The van der Waals surface area contributed by atoms with Crippen LogP contribution in [0.1, 0.15) is 35.3 Å². The first kappa shape index (κ1) is 17.9. The number of ether oxygens (including phenoxy) is 2. The molecule has 1 amide bonds. The van der Waals surface area contributed by atoms with Crippen molar-refractivity contribution in [1.29, 1.82) is 0 Å². The van der Waals surface area contributed by atoms with Gasteiger partial charge >= 0.3 is 0 Å². The van der Waals surface area contributed by atoms with Crippen LogP contribution in [0.3, 0.4) is 0 Å². The van der Waals surface area contributed by atoms with Gasteiger partial charge in [0.15, 0.2) is 11.5 Å². The number of fused-ring (bicyclic) bond motifs is 1. The first-order valence-electron chi connectivity index (χ1n) is 8.09. The summed E-state index contributed by atoms with van der Waals surface area (Å²) in [7, 11) is 1.75. The van der Waals surface area contributed by atoms with Crippen molar-refractivity contribution in [2.24, 2.45) is 0 Å². The molecular weight excluding hydrogens is 361 g/mol. The summed E-state index contributed by atoms with van der Waals surface area (Å²) in [5.41, 5.74) is 1.39. The highest BCUT2D eigenvalue weighted by Gasteiger charge is 2.22. The fourth-order valence-electron chi connectivity index (χ4n) is 2.72. The molecule has 0 unspecified atom stereocenters. The Morgan fingerprint density at radius 1 is 1.08 bits per heavy atom. The van der Waals surface area contributed by atoms with Crippen LogP contribution in [0.2, 0.25) is 10.0 Å². The molecule has 0 spiro atoms. The van der Waals surface area contributed by atoms with E-state index in [1.54, 1.807) is 42.3 Å². The quantitative estimate of drug-likeness (QED) is 0.753. The zero-order chi connectivity index (χ0) is 18.0. The predicted molar refractivity (Wildman–Crippen MR) is 99.0 cm³/mol. The van der Waals surface area contributed by atoms with Gasteiger partial charge in [-0.1, -0.05) is 29.3 Å². The summed E-state index contributed by atoms with van der Waals surface area (Å²) in [5, 5.41) is 1.11. The van der Waals surface area contributed by atoms with Crippen molar-refractivity contribution < 1.29 is 14.3 Å². The van der Waals surface area contributed by atoms with Gasteiger partial charge in [-0.15, -0.1) is 0 Å². The van der Waals surface area contributed by atoms with E-state index in [4.69, 9.17) is 32.7 Å². The average molecular weight is 380 g/mol. The van der Waals surface area contributed by atoms with Gasteiger partial charge in [0, 0.05) is 29.1 Å². The molecule has 2 aromatic carbocycles. The molecule has 1 atom stereocenters. The number of nitrogens with zero attached hydrogens (tertiary/aromatic N) is 1. The van der Waals surface area contributed by atoms with E-state index in [1.807, 2.05) is 13.0 Å². The molecule has 1 aliphatic rings. The fraction of sp³-hybridized carbons (Fsp3) is 0.316. The highest BCUT2D eigenvalue weighted by Crippen LogP contribution is 2.33. The Balaban J connectivity index is 1.83. The minimum atomic E-state index is -0.201. The van der Waals surface area contributed by atoms with Crippen LogP contribution in [0.15, 0.2) is 36.4 Å². The van der Waals surface area contributed by atoms with E-state index >= 15 is 0 Å². The third-order valence-corrected chi connectivity index (χ3v) is 4.87. The maximum absolute atomic E-state index is 12.9. The minimum Gasteiger partial charge on any atom is -0.490 e. The maximum Gasteiger partial charge on any atom is 0.254 e. The summed E-state index contributed by atoms with van der Waals surface area (Å²) >= 11 is 12.2. The molecule has 0 saturated heterocycles. The number of amides is 1. The summed E-state index contributed by atoms with van der Waals surface area (Å²) in [4.78, 5) is 14.5. The van der Waals surface area contributed by atoms with Gasteiger partial charge in [0.1, 0.15) is 0 Å². The topological polar surface area (TPSA) is 38.8 Å². The van der Waals surface area contributed by atoms with Crippen molar-refractivity contribution in [3.05, 3.63) is 57.6 Å². The van der Waals surface area contributed by atoms with Crippen LogP contribution in [0.4, 0.5) is 0 Å². The van der Waals surface area contributed by atoms with E-state index in [1.165, 1.54) is 0 Å². The van der Waals surface area contributed by atoms with Crippen molar-refractivity contribution in [2.45, 2.75) is 19.4 Å². The summed E-state index contributed by atoms with van der Waals surface area (Å²) in [5.74, 6) is 1.16. The number of rotatable bonds is 3. The Morgan fingerprint density at radius 2 is 1.80 bits per heavy atom. The molecule has 0 fully saturated rings. The van der Waals surface area contributed by atoms with Crippen LogP contribution in [0.5, 0.6) is 11.5 Å². The van der Waals surface area contributed by atoms with Gasteiger partial charge in [-0.3, -0.25) is 4.79 Å². The molecule has 0 N–H and O–H groups in total. The second-order valence-electron chi connectivity index (χ2n) is 5.97. The van der Waals surface area contributed by atoms with Crippen molar-refractivity contribution in [1.82, 2.24) is 4.90 Å². The second-order valence-corrected chi connectivity index (χ2v) is 6.81. The summed E-state index contributed by atoms with van der Waals surface area (Å²) in [6, 6.07) is 10.4. The molecule has 3 rings (SSSR count). The molecule has 0 bridgehead atoms. The summed E-state index contributed by atoms with van der Waals surface area (Å²) in [6.07, 6.45) is 0.823. The lowest BCUT2D eigenvalue weighted by molar-refractivity contribution is 0.0742. The van der Waals surface area contributed by atoms with E-state index in [0.29, 0.717) is 40.3 Å². The zero-order valence-corrected chi connectivity index (χ0v) is 15.6. The van der Waals surface area contributed by atoms with Crippen molar-refractivity contribution in [3.63, 3.8) is 0 Å². The molecule has 1 aliphatic heterocycles. The Kier molecular flexibility index (Phi) is 5.40. The van der Waals surface area contributed by atoms with E-state index in [-0.39, 0.29) is 11.9 Å². The number of carbonyl (C=O) groups excluding carboxylic acids is 1. The molecule has 25 heavy (non-hydrogen) atoms. The first-order valence-corrected chi connectivity index (χ1v) is 8.84. The smallest absolute Gasteiger partial charge is 0.254 e. The van der Waals surface area contributed by atoms with Crippen LogP contribution < -0.4 is 9.47 Å². The number of halogens is 2. The highest BCUT2D eigenvalue weighted by atomic mass is 35.5. The van der Waals surface area contributed by atoms with Crippen molar-refractivity contribution >= 4 is 29.1 Å². The van der Waals surface area contributed by atoms with Crippen LogP contribution in [0, 0.1) is 0 Å². The lowest BCUT2D eigenvalue weighted by Gasteiger charge is -2.26. The van der Waals surface area contributed by atoms with Gasteiger partial charge in [0.25, 0.3) is 5.91 Å². The monoisotopic (exact) mass is 379 g/mol. The first-order chi connectivity index (χ1) is 12.0. The number of benzene rings is 2. The Morgan fingerprint density at radius 3 is 2.52 bits per heavy atom. The molecule has 0 saturated carbocycles. The van der Waals surface area contributed by atoms with E-state index in [9.17, 15) is 4.79 Å². The predicted octanol–water partition coefficient (Wildman–Crippen LogP) is 4.99. The van der Waals surface area contributed by atoms with E-state index in [0.717, 1.165) is 12.0 Å². The molecule has 6 heteroatoms. The van der Waals surface area contributed by atoms with E-state index in [2.05, 4.69) is 0 Å². The molecule has 4 nitrogen and oxygen atoms in total. The summed E-state index contributed by atoms with van der Waals surface area (Å²) < 4.78 is 11.3. The van der Waals surface area contributed by atoms with E-state index < -0.39 is 0 Å². The third-order valence-electron chi connectivity index (χ3n) is 4.31. The maximum atomic E-state index is 12.9. The number of hydrogen-bond donors (Lipinski definition) is 0. The lowest BCUT2D eigenvalue weighted by Crippen LogP contribution is -2.29. The summed E-state index contributed by atoms with van der Waals surface area (Å²) in [6.45, 7) is 3.12. The van der Waals surface area contributed by atoms with Gasteiger partial charge in [-0.25, -0.2) is 0 Å². The largest absolute Gasteiger partial charge is 0.490 e. The van der Waals surface area contributed by atoms with Gasteiger partial charge in [0.2, 0.25) is 0 Å². The Labute approximate surface area is 157 Å². The third kappa shape index (κ3) is 3.86. The second kappa shape index (κ2) is 7.54. The molecule has 132 valence electrons. The van der Waals surface area contributed by atoms with Crippen molar-refractivity contribution in [2.75, 3.05) is 20.3 Å². The average Bonchev–Trinajstić information content (AvgIpc) is 2.84. The van der Waals surface area contributed by atoms with Gasteiger partial charge in [-0.2, -0.15) is 0 Å². The molecular formula is C19H19Cl2NO3. The van der Waals surface area contributed by atoms with Crippen LogP contribution in [-0.2, 0) is 0 Å². The zero-order valence-electron chi connectivity index (χ0n) is 14.1. The fourth-order valence-corrected chi connectivity index (χ4v) is 3.29. The molecule has 2 aromatic rings. The normalized spacial score (nSPS) is 14.6. The Bertz CT molecular complexity index is 794. The molecule has 1 heterocycles. The van der Waals surface area contributed by atoms with Crippen LogP contribution in [-0.4, -0.2) is 31.1 Å². The molecule has 0 radical (unpaired) electrons. The minimum absolute atomic E-state index is 0.117. The number of carbonyl (C=O) groups is 1. The van der Waals surface area contributed by atoms with Gasteiger partial charge in [0.05, 0.1) is 19.3 Å². The Hall–Kier alpha value is -1.91. The van der Waals surface area contributed by atoms with Crippen molar-refractivity contribution in [3.8, 4) is 11.5 Å². The van der Waals surface area contributed by atoms with Crippen LogP contribution >= 0.6 is 23.2 Å². The molecule has 0 aromatic heterocycles.